The Hall–Kier alpha value is -0.280. The normalized spacial score (nSPS) is 22.1. The topological polar surface area (TPSA) is 29.3 Å². The molecule has 4 heteroatoms. The smallest absolute Gasteiger partial charge is 0.0471 e. The van der Waals surface area contributed by atoms with Crippen LogP contribution in [0.3, 0.4) is 0 Å². The lowest BCUT2D eigenvalue weighted by Crippen LogP contribution is -2.32. The molecule has 0 saturated carbocycles. The summed E-state index contributed by atoms with van der Waals surface area (Å²) in [4.78, 5) is 2.46. The van der Waals surface area contributed by atoms with Crippen molar-refractivity contribution in [2.24, 2.45) is 17.6 Å². The molecular formula is C15H22Cl2N2. The quantitative estimate of drug-likeness (QED) is 0.911. The van der Waals surface area contributed by atoms with E-state index in [2.05, 4.69) is 18.7 Å². The highest BCUT2D eigenvalue weighted by atomic mass is 35.5. The van der Waals surface area contributed by atoms with Crippen LogP contribution in [0.2, 0.25) is 10.0 Å². The van der Waals surface area contributed by atoms with Gasteiger partial charge in [-0.25, -0.2) is 0 Å². The fourth-order valence-electron chi connectivity index (χ4n) is 2.91. The van der Waals surface area contributed by atoms with Crippen LogP contribution in [0.5, 0.6) is 0 Å². The maximum absolute atomic E-state index is 6.09. The van der Waals surface area contributed by atoms with Gasteiger partial charge in [0.1, 0.15) is 0 Å². The highest BCUT2D eigenvalue weighted by Crippen LogP contribution is 2.32. The van der Waals surface area contributed by atoms with Crippen molar-refractivity contribution >= 4 is 23.2 Å². The van der Waals surface area contributed by atoms with Crippen LogP contribution in [-0.4, -0.2) is 24.5 Å². The first-order valence-corrected chi connectivity index (χ1v) is 7.67. The van der Waals surface area contributed by atoms with Gasteiger partial charge < -0.3 is 5.73 Å². The van der Waals surface area contributed by atoms with Crippen molar-refractivity contribution in [1.82, 2.24) is 4.90 Å². The molecule has 1 saturated heterocycles. The molecule has 1 aromatic rings. The monoisotopic (exact) mass is 300 g/mol. The van der Waals surface area contributed by atoms with Crippen LogP contribution in [0.15, 0.2) is 18.2 Å². The van der Waals surface area contributed by atoms with Gasteiger partial charge in [-0.15, -0.1) is 0 Å². The molecule has 0 aliphatic carbocycles. The van der Waals surface area contributed by atoms with Crippen molar-refractivity contribution in [3.8, 4) is 0 Å². The molecule has 2 rings (SSSR count). The Morgan fingerprint density at radius 3 is 2.37 bits per heavy atom. The predicted octanol–water partition coefficient (Wildman–Crippen LogP) is 3.97. The minimum absolute atomic E-state index is 0.222. The van der Waals surface area contributed by atoms with E-state index in [4.69, 9.17) is 28.9 Å². The van der Waals surface area contributed by atoms with Crippen molar-refractivity contribution < 1.29 is 0 Å². The zero-order valence-electron chi connectivity index (χ0n) is 11.6. The highest BCUT2D eigenvalue weighted by molar-refractivity contribution is 6.34. The second-order valence-corrected chi connectivity index (χ2v) is 6.61. The molecule has 0 bridgehead atoms. The molecule has 0 spiro atoms. The summed E-state index contributed by atoms with van der Waals surface area (Å²) in [5.41, 5.74) is 7.11. The van der Waals surface area contributed by atoms with Crippen molar-refractivity contribution in [1.29, 1.82) is 0 Å². The van der Waals surface area contributed by atoms with Crippen LogP contribution in [0, 0.1) is 11.8 Å². The molecule has 2 N–H and O–H groups in total. The third kappa shape index (κ3) is 3.63. The summed E-state index contributed by atoms with van der Waals surface area (Å²) >= 11 is 12.2. The minimum atomic E-state index is 0.222. The molecule has 1 fully saturated rings. The highest BCUT2D eigenvalue weighted by Gasteiger charge is 2.30. The Morgan fingerprint density at radius 1 is 1.26 bits per heavy atom. The number of rotatable bonds is 4. The van der Waals surface area contributed by atoms with Gasteiger partial charge in [-0.2, -0.15) is 0 Å². The van der Waals surface area contributed by atoms with E-state index in [1.54, 1.807) is 6.07 Å². The molecule has 2 atom stereocenters. The SMILES string of the molecule is CC(C)C1CCN(C(CN)c2cc(Cl)cc(Cl)c2)C1. The van der Waals surface area contributed by atoms with Crippen LogP contribution in [-0.2, 0) is 0 Å². The van der Waals surface area contributed by atoms with E-state index in [0.717, 1.165) is 30.5 Å². The second-order valence-electron chi connectivity index (χ2n) is 5.74. The van der Waals surface area contributed by atoms with Crippen LogP contribution >= 0.6 is 23.2 Å². The first kappa shape index (κ1) is 15.1. The summed E-state index contributed by atoms with van der Waals surface area (Å²) in [6.45, 7) is 7.41. The summed E-state index contributed by atoms with van der Waals surface area (Å²) in [6, 6.07) is 5.95. The molecule has 1 aliphatic heterocycles. The van der Waals surface area contributed by atoms with Gasteiger partial charge in [-0.05, 0) is 48.6 Å². The summed E-state index contributed by atoms with van der Waals surface area (Å²) in [6.07, 6.45) is 1.25. The molecule has 0 aromatic heterocycles. The first-order valence-electron chi connectivity index (χ1n) is 6.91. The van der Waals surface area contributed by atoms with Crippen LogP contribution in [0.4, 0.5) is 0 Å². The average Bonchev–Trinajstić information content (AvgIpc) is 2.78. The third-order valence-corrected chi connectivity index (χ3v) is 4.57. The van der Waals surface area contributed by atoms with E-state index in [-0.39, 0.29) is 6.04 Å². The first-order chi connectivity index (χ1) is 9.01. The Morgan fingerprint density at radius 2 is 1.89 bits per heavy atom. The molecule has 0 amide bonds. The molecule has 2 unspecified atom stereocenters. The average molecular weight is 301 g/mol. The van der Waals surface area contributed by atoms with Crippen molar-refractivity contribution in [2.75, 3.05) is 19.6 Å². The fraction of sp³-hybridized carbons (Fsp3) is 0.600. The number of nitrogens with zero attached hydrogens (tertiary/aromatic N) is 1. The molecule has 0 radical (unpaired) electrons. The summed E-state index contributed by atoms with van der Waals surface area (Å²) in [5, 5.41) is 1.36. The Labute approximate surface area is 125 Å². The predicted molar refractivity (Wildman–Crippen MR) is 82.8 cm³/mol. The van der Waals surface area contributed by atoms with Crippen LogP contribution in [0.25, 0.3) is 0 Å². The number of likely N-dealkylation sites (tertiary alicyclic amines) is 1. The van der Waals surface area contributed by atoms with Crippen molar-refractivity contribution in [3.05, 3.63) is 33.8 Å². The Balaban J connectivity index is 2.16. The summed E-state index contributed by atoms with van der Waals surface area (Å²) < 4.78 is 0. The second kappa shape index (κ2) is 6.45. The lowest BCUT2D eigenvalue weighted by atomic mass is 9.95. The van der Waals surface area contributed by atoms with Gasteiger partial charge in [0.15, 0.2) is 0 Å². The number of halogens is 2. The van der Waals surface area contributed by atoms with E-state index in [1.165, 1.54) is 6.42 Å². The van der Waals surface area contributed by atoms with E-state index in [9.17, 15) is 0 Å². The maximum atomic E-state index is 6.09. The van der Waals surface area contributed by atoms with Crippen molar-refractivity contribution in [3.63, 3.8) is 0 Å². The fourth-order valence-corrected chi connectivity index (χ4v) is 3.45. The van der Waals surface area contributed by atoms with Gasteiger partial charge in [0.05, 0.1) is 0 Å². The van der Waals surface area contributed by atoms with E-state index < -0.39 is 0 Å². The molecule has 19 heavy (non-hydrogen) atoms. The lowest BCUT2D eigenvalue weighted by Gasteiger charge is -2.28. The molecule has 1 aliphatic rings. The molecule has 2 nitrogen and oxygen atoms in total. The lowest BCUT2D eigenvalue weighted by molar-refractivity contribution is 0.232. The largest absolute Gasteiger partial charge is 0.329 e. The zero-order valence-corrected chi connectivity index (χ0v) is 13.1. The van der Waals surface area contributed by atoms with E-state index in [0.29, 0.717) is 16.6 Å². The Bertz CT molecular complexity index is 414. The number of nitrogens with two attached hydrogens (primary N) is 1. The zero-order chi connectivity index (χ0) is 14.0. The van der Waals surface area contributed by atoms with Gasteiger partial charge in [-0.3, -0.25) is 4.90 Å². The van der Waals surface area contributed by atoms with Gasteiger partial charge >= 0.3 is 0 Å². The van der Waals surface area contributed by atoms with Crippen molar-refractivity contribution in [2.45, 2.75) is 26.3 Å². The third-order valence-electron chi connectivity index (χ3n) is 4.13. The van der Waals surface area contributed by atoms with Crippen LogP contribution in [0.1, 0.15) is 31.9 Å². The molecule has 1 aromatic carbocycles. The summed E-state index contributed by atoms with van der Waals surface area (Å²) in [5.74, 6) is 1.50. The Kier molecular flexibility index (Phi) is 5.13. The van der Waals surface area contributed by atoms with Gasteiger partial charge in [0, 0.05) is 29.2 Å². The van der Waals surface area contributed by atoms with E-state index >= 15 is 0 Å². The molecule has 1 heterocycles. The van der Waals surface area contributed by atoms with Gasteiger partial charge in [0.25, 0.3) is 0 Å². The van der Waals surface area contributed by atoms with Crippen LogP contribution < -0.4 is 5.73 Å². The summed E-state index contributed by atoms with van der Waals surface area (Å²) in [7, 11) is 0. The standard InChI is InChI=1S/C15H22Cl2N2/c1-10(2)11-3-4-19(9-11)15(8-18)12-5-13(16)7-14(17)6-12/h5-7,10-11,15H,3-4,8-9,18H2,1-2H3. The molecular weight excluding hydrogens is 279 g/mol. The number of hydrogen-bond donors (Lipinski definition) is 1. The maximum Gasteiger partial charge on any atom is 0.0471 e. The van der Waals surface area contributed by atoms with Gasteiger partial charge in [-0.1, -0.05) is 37.0 Å². The van der Waals surface area contributed by atoms with E-state index in [1.807, 2.05) is 12.1 Å². The van der Waals surface area contributed by atoms with Gasteiger partial charge in [0.2, 0.25) is 0 Å². The molecule has 106 valence electrons. The number of benzene rings is 1. The number of hydrogen-bond acceptors (Lipinski definition) is 2. The minimum Gasteiger partial charge on any atom is -0.329 e.